The van der Waals surface area contributed by atoms with E-state index in [9.17, 15) is 13.2 Å². The molecule has 1 aliphatic heterocycles. The SMILES string of the molecule is CC1CCCn2c(-c3ccc(C(F)(F)F)cc3)nnc21. The van der Waals surface area contributed by atoms with Crippen molar-refractivity contribution in [3.8, 4) is 11.4 Å². The fourth-order valence-electron chi connectivity index (χ4n) is 2.61. The van der Waals surface area contributed by atoms with Crippen molar-refractivity contribution < 1.29 is 13.2 Å². The molecule has 0 fully saturated rings. The molecule has 0 saturated heterocycles. The molecule has 1 aliphatic rings. The Balaban J connectivity index is 1.98. The maximum atomic E-state index is 12.6. The van der Waals surface area contributed by atoms with Crippen LogP contribution in [0.1, 0.15) is 37.1 Å². The molecule has 1 aromatic heterocycles. The van der Waals surface area contributed by atoms with E-state index in [1.54, 1.807) is 0 Å². The van der Waals surface area contributed by atoms with Crippen LogP contribution in [0.4, 0.5) is 13.2 Å². The van der Waals surface area contributed by atoms with Crippen molar-refractivity contribution in [3.05, 3.63) is 35.7 Å². The zero-order valence-electron chi connectivity index (χ0n) is 11.0. The van der Waals surface area contributed by atoms with Crippen molar-refractivity contribution in [2.75, 3.05) is 0 Å². The van der Waals surface area contributed by atoms with E-state index >= 15 is 0 Å². The summed E-state index contributed by atoms with van der Waals surface area (Å²) in [6, 6.07) is 5.09. The van der Waals surface area contributed by atoms with Crippen LogP contribution in [0.15, 0.2) is 24.3 Å². The van der Waals surface area contributed by atoms with Gasteiger partial charge >= 0.3 is 6.18 Å². The minimum Gasteiger partial charge on any atom is -0.311 e. The number of halogens is 3. The topological polar surface area (TPSA) is 30.7 Å². The molecule has 1 aromatic carbocycles. The molecule has 1 atom stereocenters. The first-order valence-corrected chi connectivity index (χ1v) is 6.57. The molecule has 0 radical (unpaired) electrons. The van der Waals surface area contributed by atoms with E-state index in [-0.39, 0.29) is 0 Å². The van der Waals surface area contributed by atoms with E-state index < -0.39 is 11.7 Å². The Kier molecular flexibility index (Phi) is 3.03. The van der Waals surface area contributed by atoms with E-state index in [2.05, 4.69) is 17.1 Å². The van der Waals surface area contributed by atoms with Crippen molar-refractivity contribution in [3.63, 3.8) is 0 Å². The number of aromatic nitrogens is 3. The van der Waals surface area contributed by atoms with Crippen molar-refractivity contribution in [1.82, 2.24) is 14.8 Å². The largest absolute Gasteiger partial charge is 0.416 e. The molecule has 3 rings (SSSR count). The predicted molar refractivity (Wildman–Crippen MR) is 68.1 cm³/mol. The molecule has 0 spiro atoms. The molecule has 0 bridgehead atoms. The number of nitrogens with zero attached hydrogens (tertiary/aromatic N) is 3. The zero-order chi connectivity index (χ0) is 14.3. The highest BCUT2D eigenvalue weighted by atomic mass is 19.4. The Morgan fingerprint density at radius 3 is 2.50 bits per heavy atom. The van der Waals surface area contributed by atoms with Gasteiger partial charge in [-0.1, -0.05) is 19.1 Å². The highest BCUT2D eigenvalue weighted by Gasteiger charge is 2.30. The van der Waals surface area contributed by atoms with E-state index in [1.165, 1.54) is 12.1 Å². The van der Waals surface area contributed by atoms with Crippen LogP contribution in [0.2, 0.25) is 0 Å². The second-order valence-corrected chi connectivity index (χ2v) is 5.15. The van der Waals surface area contributed by atoms with Crippen molar-refractivity contribution in [2.45, 2.75) is 38.4 Å². The molecule has 0 aliphatic carbocycles. The third-order valence-electron chi connectivity index (χ3n) is 3.71. The normalized spacial score (nSPS) is 18.9. The van der Waals surface area contributed by atoms with Gasteiger partial charge in [0.15, 0.2) is 5.82 Å². The van der Waals surface area contributed by atoms with Gasteiger partial charge in [-0.05, 0) is 25.0 Å². The van der Waals surface area contributed by atoms with Gasteiger partial charge < -0.3 is 4.57 Å². The van der Waals surface area contributed by atoms with E-state index in [0.717, 1.165) is 37.3 Å². The van der Waals surface area contributed by atoms with Gasteiger partial charge in [-0.15, -0.1) is 10.2 Å². The summed E-state index contributed by atoms with van der Waals surface area (Å²) in [7, 11) is 0. The zero-order valence-corrected chi connectivity index (χ0v) is 11.0. The van der Waals surface area contributed by atoms with Gasteiger partial charge in [0.2, 0.25) is 0 Å². The van der Waals surface area contributed by atoms with Crippen molar-refractivity contribution >= 4 is 0 Å². The van der Waals surface area contributed by atoms with Crippen LogP contribution < -0.4 is 0 Å². The minimum absolute atomic E-state index is 0.347. The van der Waals surface area contributed by atoms with Crippen LogP contribution in [-0.4, -0.2) is 14.8 Å². The summed E-state index contributed by atoms with van der Waals surface area (Å²) in [5, 5.41) is 8.32. The first kappa shape index (κ1) is 13.1. The Labute approximate surface area is 114 Å². The lowest BCUT2D eigenvalue weighted by Crippen LogP contribution is -2.14. The molecule has 3 nitrogen and oxygen atoms in total. The van der Waals surface area contributed by atoms with Crippen LogP contribution in [0.3, 0.4) is 0 Å². The van der Waals surface area contributed by atoms with Gasteiger partial charge in [0.25, 0.3) is 0 Å². The maximum Gasteiger partial charge on any atom is 0.416 e. The molecule has 106 valence electrons. The van der Waals surface area contributed by atoms with Crippen LogP contribution in [-0.2, 0) is 12.7 Å². The summed E-state index contributed by atoms with van der Waals surface area (Å²) in [6.07, 6.45) is -2.19. The molecule has 0 N–H and O–H groups in total. The Morgan fingerprint density at radius 1 is 1.15 bits per heavy atom. The van der Waals surface area contributed by atoms with E-state index in [0.29, 0.717) is 17.3 Å². The lowest BCUT2D eigenvalue weighted by Gasteiger charge is -2.20. The van der Waals surface area contributed by atoms with Crippen molar-refractivity contribution in [2.24, 2.45) is 0 Å². The van der Waals surface area contributed by atoms with Crippen molar-refractivity contribution in [1.29, 1.82) is 0 Å². The van der Waals surface area contributed by atoms with Gasteiger partial charge in [0.05, 0.1) is 5.56 Å². The van der Waals surface area contributed by atoms with Gasteiger partial charge in [-0.2, -0.15) is 13.2 Å². The summed E-state index contributed by atoms with van der Waals surface area (Å²) < 4.78 is 39.7. The predicted octanol–water partition coefficient (Wildman–Crippen LogP) is 3.86. The molecule has 1 unspecified atom stereocenters. The summed E-state index contributed by atoms with van der Waals surface area (Å²) in [4.78, 5) is 0. The molecule has 2 heterocycles. The molecule has 2 aromatic rings. The number of alkyl halides is 3. The Bertz CT molecular complexity index is 614. The first-order chi connectivity index (χ1) is 9.47. The van der Waals surface area contributed by atoms with Crippen LogP contribution in [0.5, 0.6) is 0 Å². The van der Waals surface area contributed by atoms with Crippen LogP contribution >= 0.6 is 0 Å². The van der Waals surface area contributed by atoms with E-state index in [4.69, 9.17) is 0 Å². The summed E-state index contributed by atoms with van der Waals surface area (Å²) in [5.74, 6) is 1.92. The lowest BCUT2D eigenvalue weighted by molar-refractivity contribution is -0.137. The summed E-state index contributed by atoms with van der Waals surface area (Å²) in [5.41, 5.74) is 0.0267. The highest BCUT2D eigenvalue weighted by molar-refractivity contribution is 5.56. The number of hydrogen-bond donors (Lipinski definition) is 0. The second kappa shape index (κ2) is 4.61. The molecule has 0 saturated carbocycles. The summed E-state index contributed by atoms with van der Waals surface area (Å²) >= 11 is 0. The standard InChI is InChI=1S/C14H14F3N3/c1-9-3-2-8-20-12(9)18-19-13(20)10-4-6-11(7-5-10)14(15,16)17/h4-7,9H,2-3,8H2,1H3. The lowest BCUT2D eigenvalue weighted by atomic mass is 10.0. The number of fused-ring (bicyclic) bond motifs is 1. The molecular weight excluding hydrogens is 267 g/mol. The first-order valence-electron chi connectivity index (χ1n) is 6.57. The average molecular weight is 281 g/mol. The molecule has 20 heavy (non-hydrogen) atoms. The Morgan fingerprint density at radius 2 is 1.85 bits per heavy atom. The fraction of sp³-hybridized carbons (Fsp3) is 0.429. The second-order valence-electron chi connectivity index (χ2n) is 5.15. The van der Waals surface area contributed by atoms with Gasteiger partial charge in [-0.3, -0.25) is 0 Å². The van der Waals surface area contributed by atoms with Crippen LogP contribution in [0, 0.1) is 0 Å². The Hall–Kier alpha value is -1.85. The third kappa shape index (κ3) is 2.19. The number of rotatable bonds is 1. The number of hydrogen-bond acceptors (Lipinski definition) is 2. The average Bonchev–Trinajstić information content (AvgIpc) is 2.83. The fourth-order valence-corrected chi connectivity index (χ4v) is 2.61. The highest BCUT2D eigenvalue weighted by Crippen LogP contribution is 2.32. The van der Waals surface area contributed by atoms with Gasteiger partial charge in [-0.25, -0.2) is 0 Å². The van der Waals surface area contributed by atoms with Crippen LogP contribution in [0.25, 0.3) is 11.4 Å². The molecule has 6 heteroatoms. The molecule has 0 amide bonds. The van der Waals surface area contributed by atoms with Gasteiger partial charge in [0.1, 0.15) is 5.82 Å². The van der Waals surface area contributed by atoms with Gasteiger partial charge in [0, 0.05) is 18.0 Å². The molecular formula is C14H14F3N3. The monoisotopic (exact) mass is 281 g/mol. The maximum absolute atomic E-state index is 12.6. The third-order valence-corrected chi connectivity index (χ3v) is 3.71. The van der Waals surface area contributed by atoms with E-state index in [1.807, 2.05) is 4.57 Å². The quantitative estimate of drug-likeness (QED) is 0.794. The minimum atomic E-state index is -4.31. The smallest absolute Gasteiger partial charge is 0.311 e. The summed E-state index contributed by atoms with van der Waals surface area (Å²) in [6.45, 7) is 2.92. The number of benzene rings is 1.